The van der Waals surface area contributed by atoms with Gasteiger partial charge in [0, 0.05) is 39.6 Å². The third-order valence-corrected chi connectivity index (χ3v) is 9.74. The molecule has 0 bridgehead atoms. The molecule has 1 aliphatic rings. The predicted octanol–water partition coefficient (Wildman–Crippen LogP) is 3.45. The van der Waals surface area contributed by atoms with E-state index in [9.17, 15) is 13.2 Å². The van der Waals surface area contributed by atoms with Crippen molar-refractivity contribution in [3.63, 3.8) is 0 Å². The van der Waals surface area contributed by atoms with Crippen LogP contribution in [0.25, 0.3) is 0 Å². The van der Waals surface area contributed by atoms with Gasteiger partial charge in [-0.3, -0.25) is 4.79 Å². The zero-order valence-electron chi connectivity index (χ0n) is 16.5. The van der Waals surface area contributed by atoms with Gasteiger partial charge < -0.3 is 10.1 Å². The van der Waals surface area contributed by atoms with Crippen molar-refractivity contribution in [2.24, 2.45) is 0 Å². The van der Waals surface area contributed by atoms with Gasteiger partial charge in [-0.1, -0.05) is 0 Å². The second kappa shape index (κ2) is 10.2. The van der Waals surface area contributed by atoms with Crippen LogP contribution in [0.2, 0.25) is 0 Å². The lowest BCUT2D eigenvalue weighted by atomic mass is 10.2. The average Bonchev–Trinajstić information content (AvgIpc) is 3.49. The number of carbonyl (C=O) groups is 1. The molecule has 0 saturated carbocycles. The summed E-state index contributed by atoms with van der Waals surface area (Å²) in [6.45, 7) is 1.84. The number of thioether (sulfide) groups is 1. The number of nitrogens with zero attached hydrogens (tertiary/aromatic N) is 2. The SMILES string of the molecule is O=C(NCc1ccc(S(=O)(=O)N2CCOCC2)s1)c1ccc(SCc2cscn2)cc1. The summed E-state index contributed by atoms with van der Waals surface area (Å²) in [6.07, 6.45) is 0. The fraction of sp³-hybridized carbons (Fsp3) is 0.300. The highest BCUT2D eigenvalue weighted by Gasteiger charge is 2.27. The maximum absolute atomic E-state index is 12.7. The first-order valence-electron chi connectivity index (χ1n) is 9.57. The predicted molar refractivity (Wildman–Crippen MR) is 123 cm³/mol. The number of amides is 1. The lowest BCUT2D eigenvalue weighted by molar-refractivity contribution is 0.0731. The van der Waals surface area contributed by atoms with Crippen LogP contribution in [0.1, 0.15) is 20.9 Å². The number of ether oxygens (including phenoxy) is 1. The average molecular weight is 496 g/mol. The summed E-state index contributed by atoms with van der Waals surface area (Å²) in [5.41, 5.74) is 3.43. The van der Waals surface area contributed by atoms with E-state index in [-0.39, 0.29) is 12.5 Å². The number of morpholine rings is 1. The molecule has 1 saturated heterocycles. The number of rotatable bonds is 8. The Kier molecular flexibility index (Phi) is 7.41. The van der Waals surface area contributed by atoms with Crippen LogP contribution in [-0.4, -0.2) is 49.9 Å². The van der Waals surface area contributed by atoms with Crippen molar-refractivity contribution < 1.29 is 17.9 Å². The molecule has 3 aromatic rings. The van der Waals surface area contributed by atoms with Crippen LogP contribution < -0.4 is 5.32 Å². The van der Waals surface area contributed by atoms with Gasteiger partial charge in [0.25, 0.3) is 15.9 Å². The summed E-state index contributed by atoms with van der Waals surface area (Å²) >= 11 is 4.43. The number of carbonyl (C=O) groups excluding carboxylic acids is 1. The summed E-state index contributed by atoms with van der Waals surface area (Å²) in [5.74, 6) is 0.602. The second-order valence-corrected chi connectivity index (χ2v) is 11.8. The molecule has 1 aromatic carbocycles. The molecule has 0 aliphatic carbocycles. The molecule has 0 radical (unpaired) electrons. The maximum atomic E-state index is 12.7. The molecule has 4 rings (SSSR count). The van der Waals surface area contributed by atoms with E-state index in [0.29, 0.717) is 36.1 Å². The molecule has 7 nitrogen and oxygen atoms in total. The van der Waals surface area contributed by atoms with Crippen LogP contribution in [0, 0.1) is 0 Å². The number of hydrogen-bond donors (Lipinski definition) is 1. The largest absolute Gasteiger partial charge is 0.379 e. The van der Waals surface area contributed by atoms with E-state index in [0.717, 1.165) is 21.2 Å². The van der Waals surface area contributed by atoms with Gasteiger partial charge >= 0.3 is 0 Å². The minimum atomic E-state index is -3.51. The van der Waals surface area contributed by atoms with Crippen molar-refractivity contribution in [3.8, 4) is 0 Å². The van der Waals surface area contributed by atoms with Crippen molar-refractivity contribution >= 4 is 50.4 Å². The Labute approximate surface area is 193 Å². The van der Waals surface area contributed by atoms with Gasteiger partial charge in [-0.25, -0.2) is 13.4 Å². The van der Waals surface area contributed by atoms with E-state index in [1.165, 1.54) is 15.6 Å². The summed E-state index contributed by atoms with van der Waals surface area (Å²) in [6, 6.07) is 10.8. The first-order valence-corrected chi connectivity index (χ1v) is 13.8. The van der Waals surface area contributed by atoms with Crippen LogP contribution in [0.4, 0.5) is 0 Å². The highest BCUT2D eigenvalue weighted by molar-refractivity contribution is 7.98. The van der Waals surface area contributed by atoms with Gasteiger partial charge in [-0.15, -0.1) is 34.4 Å². The molecule has 2 aromatic heterocycles. The zero-order chi connectivity index (χ0) is 21.7. The van der Waals surface area contributed by atoms with E-state index in [2.05, 4.69) is 10.3 Å². The fourth-order valence-electron chi connectivity index (χ4n) is 2.94. The van der Waals surface area contributed by atoms with E-state index < -0.39 is 10.0 Å². The Bertz CT molecular complexity index is 1110. The van der Waals surface area contributed by atoms with E-state index in [1.807, 2.05) is 23.0 Å². The molecule has 0 atom stereocenters. The zero-order valence-corrected chi connectivity index (χ0v) is 19.8. The summed E-state index contributed by atoms with van der Waals surface area (Å²) in [5, 5.41) is 4.89. The molecule has 1 amide bonds. The standard InChI is InChI=1S/C20H21N3O4S4/c24-20(15-1-3-17(4-2-15)29-13-16-12-28-14-22-16)21-11-18-5-6-19(30-18)31(25,26)23-7-9-27-10-8-23/h1-6,12,14H,7-11,13H2,(H,21,24). The highest BCUT2D eigenvalue weighted by Crippen LogP contribution is 2.26. The van der Waals surface area contributed by atoms with E-state index >= 15 is 0 Å². The number of thiazole rings is 1. The minimum absolute atomic E-state index is 0.193. The minimum Gasteiger partial charge on any atom is -0.379 e. The van der Waals surface area contributed by atoms with Crippen molar-refractivity contribution in [1.82, 2.24) is 14.6 Å². The third-order valence-electron chi connectivity index (χ3n) is 4.61. The molecule has 1 fully saturated rings. The smallest absolute Gasteiger partial charge is 0.252 e. The monoisotopic (exact) mass is 495 g/mol. The van der Waals surface area contributed by atoms with Crippen molar-refractivity contribution in [1.29, 1.82) is 0 Å². The number of benzene rings is 1. The van der Waals surface area contributed by atoms with E-state index in [1.54, 1.807) is 47.4 Å². The van der Waals surface area contributed by atoms with Gasteiger partial charge in [0.2, 0.25) is 0 Å². The van der Waals surface area contributed by atoms with Crippen LogP contribution in [0.5, 0.6) is 0 Å². The van der Waals surface area contributed by atoms with Crippen molar-refractivity contribution in [2.75, 3.05) is 26.3 Å². The molecule has 31 heavy (non-hydrogen) atoms. The van der Waals surface area contributed by atoms with Gasteiger partial charge in [-0.05, 0) is 36.4 Å². The molecule has 0 unspecified atom stereocenters. The van der Waals surface area contributed by atoms with Gasteiger partial charge in [-0.2, -0.15) is 4.31 Å². The first kappa shape index (κ1) is 22.4. The highest BCUT2D eigenvalue weighted by atomic mass is 32.2. The van der Waals surface area contributed by atoms with Crippen LogP contribution >= 0.6 is 34.4 Å². The molecule has 164 valence electrons. The number of sulfonamides is 1. The Hall–Kier alpha value is -1.76. The van der Waals surface area contributed by atoms with Gasteiger partial charge in [0.05, 0.1) is 31.0 Å². The lowest BCUT2D eigenvalue weighted by Gasteiger charge is -2.25. The number of thiophene rings is 1. The first-order chi connectivity index (χ1) is 15.0. The molecule has 1 aliphatic heterocycles. The van der Waals surface area contributed by atoms with E-state index in [4.69, 9.17) is 4.74 Å². The van der Waals surface area contributed by atoms with Crippen LogP contribution in [0.15, 0.2) is 56.4 Å². The number of nitrogens with one attached hydrogen (secondary N) is 1. The number of hydrogen-bond acceptors (Lipinski definition) is 8. The summed E-state index contributed by atoms with van der Waals surface area (Å²) in [4.78, 5) is 18.6. The van der Waals surface area contributed by atoms with Gasteiger partial charge in [0.1, 0.15) is 4.21 Å². The molecular formula is C20H21N3O4S4. The molecule has 3 heterocycles. The maximum Gasteiger partial charge on any atom is 0.252 e. The molecule has 1 N–H and O–H groups in total. The Balaban J connectivity index is 1.30. The Morgan fingerprint density at radius 3 is 2.65 bits per heavy atom. The quantitative estimate of drug-likeness (QED) is 0.482. The van der Waals surface area contributed by atoms with Gasteiger partial charge in [0.15, 0.2) is 0 Å². The van der Waals surface area contributed by atoms with Crippen molar-refractivity contribution in [2.45, 2.75) is 21.4 Å². The Morgan fingerprint density at radius 1 is 1.16 bits per heavy atom. The number of aromatic nitrogens is 1. The molecular weight excluding hydrogens is 475 g/mol. The third kappa shape index (κ3) is 5.73. The molecule has 0 spiro atoms. The topological polar surface area (TPSA) is 88.6 Å². The fourth-order valence-corrected chi connectivity index (χ4v) is 7.27. The summed E-state index contributed by atoms with van der Waals surface area (Å²) in [7, 11) is -3.51. The van der Waals surface area contributed by atoms with Crippen molar-refractivity contribution in [3.05, 3.63) is 63.4 Å². The second-order valence-electron chi connectivity index (χ2n) is 6.71. The van der Waals surface area contributed by atoms with Crippen LogP contribution in [-0.2, 0) is 27.1 Å². The van der Waals surface area contributed by atoms with Crippen LogP contribution in [0.3, 0.4) is 0 Å². The lowest BCUT2D eigenvalue weighted by Crippen LogP contribution is -2.40. The normalized spacial score (nSPS) is 15.1. The molecule has 11 heteroatoms. The summed E-state index contributed by atoms with van der Waals surface area (Å²) < 4.78 is 32.4. The Morgan fingerprint density at radius 2 is 1.94 bits per heavy atom.